The number of aromatic carboxylic acids is 1. The van der Waals surface area contributed by atoms with Crippen LogP contribution in [0.4, 0.5) is 5.95 Å². The number of nitrogens with one attached hydrogen (secondary N) is 1. The zero-order chi connectivity index (χ0) is 17.1. The van der Waals surface area contributed by atoms with E-state index in [4.69, 9.17) is 9.63 Å². The average Bonchev–Trinajstić information content (AvgIpc) is 3.15. The highest BCUT2D eigenvalue weighted by Gasteiger charge is 2.14. The number of hydrogen-bond acceptors (Lipinski definition) is 6. The van der Waals surface area contributed by atoms with E-state index in [1.807, 2.05) is 17.6 Å². The molecule has 3 heterocycles. The molecule has 0 bridgehead atoms. The van der Waals surface area contributed by atoms with Crippen LogP contribution >= 0.6 is 0 Å². The van der Waals surface area contributed by atoms with Gasteiger partial charge in [0.15, 0.2) is 11.4 Å². The van der Waals surface area contributed by atoms with Crippen LogP contribution in [-0.4, -0.2) is 30.8 Å². The van der Waals surface area contributed by atoms with Crippen molar-refractivity contribution < 1.29 is 14.4 Å². The van der Waals surface area contributed by atoms with Crippen molar-refractivity contribution >= 4 is 23.1 Å². The Balaban J connectivity index is 1.83. The average molecular weight is 329 g/mol. The van der Waals surface area contributed by atoms with Gasteiger partial charge in [-0.3, -0.25) is 4.57 Å². The zero-order valence-electron chi connectivity index (χ0n) is 13.6. The van der Waals surface area contributed by atoms with Gasteiger partial charge < -0.3 is 14.9 Å². The van der Waals surface area contributed by atoms with E-state index in [1.54, 1.807) is 0 Å². The summed E-state index contributed by atoms with van der Waals surface area (Å²) in [4.78, 5) is 19.7. The van der Waals surface area contributed by atoms with Crippen molar-refractivity contribution in [2.24, 2.45) is 0 Å². The summed E-state index contributed by atoms with van der Waals surface area (Å²) in [6.45, 7) is 5.18. The summed E-state index contributed by atoms with van der Waals surface area (Å²) in [5, 5.41) is 16.3. The van der Waals surface area contributed by atoms with Crippen LogP contribution in [0.1, 0.15) is 42.1 Å². The maximum Gasteiger partial charge on any atom is 0.337 e. The molecule has 0 unspecified atom stereocenters. The molecule has 0 amide bonds. The van der Waals surface area contributed by atoms with Crippen LogP contribution in [0.25, 0.3) is 11.2 Å². The van der Waals surface area contributed by atoms with Gasteiger partial charge in [-0.05, 0) is 19.4 Å². The number of aromatic nitrogens is 4. The minimum atomic E-state index is -1.02. The van der Waals surface area contributed by atoms with E-state index in [0.29, 0.717) is 30.2 Å². The molecule has 0 aliphatic carbocycles. The van der Waals surface area contributed by atoms with Gasteiger partial charge in [-0.2, -0.15) is 0 Å². The van der Waals surface area contributed by atoms with Gasteiger partial charge in [0.05, 0.1) is 17.8 Å². The van der Waals surface area contributed by atoms with E-state index in [-0.39, 0.29) is 5.56 Å². The first-order valence-corrected chi connectivity index (χ1v) is 7.90. The number of nitrogens with zero attached hydrogens (tertiary/aromatic N) is 4. The molecular weight excluding hydrogens is 310 g/mol. The van der Waals surface area contributed by atoms with Crippen LogP contribution in [0.15, 0.2) is 22.9 Å². The molecule has 3 aromatic heterocycles. The Morgan fingerprint density at radius 3 is 2.92 bits per heavy atom. The summed E-state index contributed by atoms with van der Waals surface area (Å²) in [5.74, 6) is 0.332. The van der Waals surface area contributed by atoms with Crippen LogP contribution in [0.5, 0.6) is 0 Å². The second-order valence-corrected chi connectivity index (χ2v) is 5.44. The predicted octanol–water partition coefficient (Wildman–Crippen LogP) is 2.70. The van der Waals surface area contributed by atoms with E-state index >= 15 is 0 Å². The monoisotopic (exact) mass is 329 g/mol. The van der Waals surface area contributed by atoms with Crippen molar-refractivity contribution in [1.29, 1.82) is 0 Å². The number of carboxylic acids is 1. The maximum atomic E-state index is 11.1. The van der Waals surface area contributed by atoms with E-state index in [1.165, 1.54) is 12.3 Å². The third kappa shape index (κ3) is 3.08. The largest absolute Gasteiger partial charge is 0.478 e. The fourth-order valence-corrected chi connectivity index (χ4v) is 2.54. The van der Waals surface area contributed by atoms with Gasteiger partial charge >= 0.3 is 5.97 Å². The molecule has 8 nitrogen and oxygen atoms in total. The van der Waals surface area contributed by atoms with Crippen molar-refractivity contribution in [1.82, 2.24) is 19.7 Å². The molecule has 2 N–H and O–H groups in total. The molecule has 0 saturated heterocycles. The normalized spacial score (nSPS) is 11.1. The first-order chi connectivity index (χ1) is 11.6. The summed E-state index contributed by atoms with van der Waals surface area (Å²) in [7, 11) is 0. The highest BCUT2D eigenvalue weighted by atomic mass is 16.5. The molecule has 0 radical (unpaired) electrons. The lowest BCUT2D eigenvalue weighted by molar-refractivity contribution is 0.0696. The quantitative estimate of drug-likeness (QED) is 0.686. The molecule has 24 heavy (non-hydrogen) atoms. The topological polar surface area (TPSA) is 106 Å². The Bertz CT molecular complexity index is 868. The van der Waals surface area contributed by atoms with E-state index < -0.39 is 5.97 Å². The lowest BCUT2D eigenvalue weighted by Crippen LogP contribution is -2.06. The Labute approximate surface area is 138 Å². The SMILES string of the molecule is CCCc1cc(CNc2nc3cc(C(=O)O)cnc3n2CC)on1. The lowest BCUT2D eigenvalue weighted by Gasteiger charge is -2.06. The highest BCUT2D eigenvalue weighted by molar-refractivity contribution is 5.91. The molecule has 0 fully saturated rings. The van der Waals surface area contributed by atoms with Gasteiger partial charge in [0.1, 0.15) is 5.52 Å². The lowest BCUT2D eigenvalue weighted by atomic mass is 10.2. The first kappa shape index (κ1) is 16.0. The summed E-state index contributed by atoms with van der Waals surface area (Å²) in [6, 6.07) is 3.45. The molecule has 0 spiro atoms. The van der Waals surface area contributed by atoms with Crippen molar-refractivity contribution in [3.05, 3.63) is 35.3 Å². The standard InChI is InChI=1S/C16H19N5O3/c1-3-5-11-7-12(24-20-11)9-18-16-19-13-6-10(15(22)23)8-17-14(13)21(16)4-2/h6-8H,3-5,9H2,1-2H3,(H,18,19)(H,22,23). The summed E-state index contributed by atoms with van der Waals surface area (Å²) < 4.78 is 7.19. The van der Waals surface area contributed by atoms with Crippen LogP contribution in [0, 0.1) is 0 Å². The Kier molecular flexibility index (Phi) is 4.45. The van der Waals surface area contributed by atoms with E-state index in [9.17, 15) is 4.79 Å². The Morgan fingerprint density at radius 1 is 1.38 bits per heavy atom. The molecule has 0 aliphatic heterocycles. The molecule has 0 aliphatic rings. The zero-order valence-corrected chi connectivity index (χ0v) is 13.6. The number of fused-ring (bicyclic) bond motifs is 1. The Hall–Kier alpha value is -2.90. The predicted molar refractivity (Wildman–Crippen MR) is 88.0 cm³/mol. The van der Waals surface area contributed by atoms with Crippen molar-refractivity contribution in [3.8, 4) is 0 Å². The second kappa shape index (κ2) is 6.69. The summed E-state index contributed by atoms with van der Waals surface area (Å²) in [6.07, 6.45) is 3.25. The third-order valence-electron chi connectivity index (χ3n) is 3.68. The number of anilines is 1. The van der Waals surface area contributed by atoms with Crippen molar-refractivity contribution in [2.45, 2.75) is 39.8 Å². The molecule has 3 aromatic rings. The number of imidazole rings is 1. The molecule has 3 rings (SSSR count). The number of rotatable bonds is 7. The van der Waals surface area contributed by atoms with Gasteiger partial charge in [-0.15, -0.1) is 0 Å². The number of hydrogen-bond donors (Lipinski definition) is 2. The highest BCUT2D eigenvalue weighted by Crippen LogP contribution is 2.20. The summed E-state index contributed by atoms with van der Waals surface area (Å²) >= 11 is 0. The van der Waals surface area contributed by atoms with Crippen molar-refractivity contribution in [2.75, 3.05) is 5.32 Å². The summed E-state index contributed by atoms with van der Waals surface area (Å²) in [5.41, 5.74) is 2.25. The first-order valence-electron chi connectivity index (χ1n) is 7.90. The van der Waals surface area contributed by atoms with Gasteiger partial charge in [0.2, 0.25) is 5.95 Å². The third-order valence-corrected chi connectivity index (χ3v) is 3.68. The fourth-order valence-electron chi connectivity index (χ4n) is 2.54. The maximum absolute atomic E-state index is 11.1. The second-order valence-electron chi connectivity index (χ2n) is 5.44. The fraction of sp³-hybridized carbons (Fsp3) is 0.375. The van der Waals surface area contributed by atoms with Crippen LogP contribution < -0.4 is 5.32 Å². The van der Waals surface area contributed by atoms with Gasteiger partial charge in [0.25, 0.3) is 0 Å². The van der Waals surface area contributed by atoms with Crippen LogP contribution in [-0.2, 0) is 19.5 Å². The number of aryl methyl sites for hydroxylation is 2. The smallest absolute Gasteiger partial charge is 0.337 e. The molecular formula is C16H19N5O3. The molecule has 0 aromatic carbocycles. The number of pyridine rings is 1. The Morgan fingerprint density at radius 2 is 2.21 bits per heavy atom. The number of carboxylic acid groups (broad SMARTS) is 1. The van der Waals surface area contributed by atoms with E-state index in [2.05, 4.69) is 27.4 Å². The molecule has 0 atom stereocenters. The van der Waals surface area contributed by atoms with Gasteiger partial charge in [0, 0.05) is 18.8 Å². The minimum absolute atomic E-state index is 0.120. The minimum Gasteiger partial charge on any atom is -0.478 e. The number of carbonyl (C=O) groups is 1. The van der Waals surface area contributed by atoms with Gasteiger partial charge in [-0.25, -0.2) is 14.8 Å². The van der Waals surface area contributed by atoms with Crippen LogP contribution in [0.2, 0.25) is 0 Å². The molecule has 8 heteroatoms. The molecule has 0 saturated carbocycles. The van der Waals surface area contributed by atoms with Crippen molar-refractivity contribution in [3.63, 3.8) is 0 Å². The van der Waals surface area contributed by atoms with E-state index in [0.717, 1.165) is 24.3 Å². The molecule has 126 valence electrons. The van der Waals surface area contributed by atoms with Crippen LogP contribution in [0.3, 0.4) is 0 Å². The van der Waals surface area contributed by atoms with Gasteiger partial charge in [-0.1, -0.05) is 18.5 Å².